The summed E-state index contributed by atoms with van der Waals surface area (Å²) in [5.41, 5.74) is 11.5. The smallest absolute Gasteiger partial charge is 0.344 e. The Hall–Kier alpha value is -4.39. The number of nitrogens with one attached hydrogen (secondary N) is 1. The molecule has 3 aromatic carbocycles. The summed E-state index contributed by atoms with van der Waals surface area (Å²) >= 11 is 0. The minimum absolute atomic E-state index is 0.183. The van der Waals surface area contributed by atoms with Gasteiger partial charge in [0.25, 0.3) is 0 Å². The Balaban J connectivity index is 1.68. The highest BCUT2D eigenvalue weighted by Crippen LogP contribution is 2.30. The molecule has 0 unspecified atom stereocenters. The Morgan fingerprint density at radius 3 is 1.97 bits per heavy atom. The van der Waals surface area contributed by atoms with Crippen LogP contribution in [0.5, 0.6) is 11.5 Å². The molecular formula is C27H22N2O5. The van der Waals surface area contributed by atoms with Crippen molar-refractivity contribution in [1.29, 1.82) is 0 Å². The number of amides is 1. The number of esters is 2. The Bertz CT molecular complexity index is 1530. The van der Waals surface area contributed by atoms with Crippen LogP contribution in [-0.2, 0) is 20.8 Å². The van der Waals surface area contributed by atoms with Crippen molar-refractivity contribution in [3.05, 3.63) is 81.2 Å². The summed E-state index contributed by atoms with van der Waals surface area (Å²) in [6.07, 6.45) is 0.733. The highest BCUT2D eigenvalue weighted by atomic mass is 16.5. The van der Waals surface area contributed by atoms with E-state index in [2.05, 4.69) is 5.32 Å². The molecule has 0 aromatic heterocycles. The number of carbonyl (C=O) groups is 3. The quantitative estimate of drug-likeness (QED) is 0.356. The third-order valence-corrected chi connectivity index (χ3v) is 6.07. The van der Waals surface area contributed by atoms with Crippen LogP contribution in [0.3, 0.4) is 0 Å². The minimum Gasteiger partial charge on any atom is -0.422 e. The maximum Gasteiger partial charge on any atom is 0.344 e. The zero-order valence-electron chi connectivity index (χ0n) is 18.9. The van der Waals surface area contributed by atoms with Crippen molar-refractivity contribution in [2.75, 3.05) is 11.1 Å². The van der Waals surface area contributed by atoms with Gasteiger partial charge in [0.05, 0.1) is 11.1 Å². The van der Waals surface area contributed by atoms with Gasteiger partial charge in [-0.15, -0.1) is 0 Å². The van der Waals surface area contributed by atoms with Gasteiger partial charge in [0.15, 0.2) is 0 Å². The van der Waals surface area contributed by atoms with Crippen molar-refractivity contribution in [3.8, 4) is 11.5 Å². The second-order valence-electron chi connectivity index (χ2n) is 8.35. The van der Waals surface area contributed by atoms with Gasteiger partial charge in [0, 0.05) is 28.7 Å². The van der Waals surface area contributed by atoms with Gasteiger partial charge in [-0.25, -0.2) is 9.59 Å². The van der Waals surface area contributed by atoms with Crippen LogP contribution < -0.4 is 31.0 Å². The van der Waals surface area contributed by atoms with Gasteiger partial charge in [-0.1, -0.05) is 19.1 Å². The van der Waals surface area contributed by atoms with Crippen LogP contribution in [0.1, 0.15) is 36.1 Å². The number of nitrogens with two attached hydrogens (primary N) is 1. The van der Waals surface area contributed by atoms with E-state index in [1.807, 2.05) is 26.0 Å². The molecule has 1 amide bonds. The van der Waals surface area contributed by atoms with Gasteiger partial charge in [-0.2, -0.15) is 0 Å². The van der Waals surface area contributed by atoms with Crippen molar-refractivity contribution >= 4 is 40.4 Å². The number of rotatable bonds is 4. The number of ether oxygens (including phenoxy) is 2. The maximum atomic E-state index is 12.9. The average Bonchev–Trinajstić information content (AvgIpc) is 3.28. The molecule has 2 aliphatic heterocycles. The molecule has 0 saturated carbocycles. The number of carbonyl (C=O) groups excluding carboxylic acids is 3. The lowest BCUT2D eigenvalue weighted by molar-refractivity contribution is -0.128. The van der Waals surface area contributed by atoms with Gasteiger partial charge in [0.2, 0.25) is 5.91 Å². The summed E-state index contributed by atoms with van der Waals surface area (Å²) in [7, 11) is 0. The fraction of sp³-hybridized carbons (Fsp3) is 0.148. The molecule has 0 bridgehead atoms. The first-order valence-corrected chi connectivity index (χ1v) is 10.9. The molecule has 5 rings (SSSR count). The molecule has 3 N–H and O–H groups in total. The second kappa shape index (κ2) is 7.88. The van der Waals surface area contributed by atoms with Crippen LogP contribution in [-0.4, -0.2) is 17.8 Å². The van der Waals surface area contributed by atoms with Crippen LogP contribution in [0.25, 0.3) is 11.1 Å². The van der Waals surface area contributed by atoms with Gasteiger partial charge in [-0.05, 0) is 72.0 Å². The highest BCUT2D eigenvalue weighted by molar-refractivity contribution is 6.21. The van der Waals surface area contributed by atoms with E-state index in [0.29, 0.717) is 55.6 Å². The zero-order valence-corrected chi connectivity index (χ0v) is 18.9. The summed E-state index contributed by atoms with van der Waals surface area (Å²) in [6.45, 7) is 5.34. The molecule has 0 fully saturated rings. The lowest BCUT2D eigenvalue weighted by Crippen LogP contribution is -2.12. The van der Waals surface area contributed by atoms with E-state index in [1.54, 1.807) is 36.4 Å². The molecule has 2 heterocycles. The second-order valence-corrected chi connectivity index (χ2v) is 8.35. The predicted octanol–water partition coefficient (Wildman–Crippen LogP) is 2.33. The molecule has 0 spiro atoms. The number of hydrogen-bond donors (Lipinski definition) is 2. The van der Waals surface area contributed by atoms with E-state index in [-0.39, 0.29) is 5.91 Å². The molecule has 170 valence electrons. The summed E-state index contributed by atoms with van der Waals surface area (Å²) in [5.74, 6) is -0.397. The SMILES string of the molecule is CCc1cc(C2=c3cc4c(cc3OC2=O)=C(c2ccc(NC(C)=O)cc2)C(=O)O4)cc(C)c1N. The Kier molecular flexibility index (Phi) is 4.97. The molecule has 34 heavy (non-hydrogen) atoms. The van der Waals surface area contributed by atoms with Crippen molar-refractivity contribution < 1.29 is 23.9 Å². The van der Waals surface area contributed by atoms with Crippen molar-refractivity contribution in [1.82, 2.24) is 0 Å². The molecule has 7 nitrogen and oxygen atoms in total. The summed E-state index contributed by atoms with van der Waals surface area (Å²) in [6, 6.07) is 14.0. The molecule has 0 atom stereocenters. The van der Waals surface area contributed by atoms with Crippen molar-refractivity contribution in [2.45, 2.75) is 27.2 Å². The summed E-state index contributed by atoms with van der Waals surface area (Å²) in [5, 5.41) is 3.82. The topological polar surface area (TPSA) is 108 Å². The third-order valence-electron chi connectivity index (χ3n) is 6.07. The van der Waals surface area contributed by atoms with E-state index in [4.69, 9.17) is 15.2 Å². The van der Waals surface area contributed by atoms with Gasteiger partial charge in [-0.3, -0.25) is 4.79 Å². The summed E-state index contributed by atoms with van der Waals surface area (Å²) < 4.78 is 11.1. The number of anilines is 2. The highest BCUT2D eigenvalue weighted by Gasteiger charge is 2.30. The van der Waals surface area contributed by atoms with Gasteiger partial charge in [0.1, 0.15) is 11.5 Å². The van der Waals surface area contributed by atoms with Gasteiger partial charge < -0.3 is 20.5 Å². The van der Waals surface area contributed by atoms with E-state index in [1.165, 1.54) is 6.92 Å². The number of hydrogen-bond acceptors (Lipinski definition) is 6. The average molecular weight is 454 g/mol. The van der Waals surface area contributed by atoms with Crippen LogP contribution in [0.4, 0.5) is 11.4 Å². The van der Waals surface area contributed by atoms with E-state index in [0.717, 1.165) is 17.5 Å². The van der Waals surface area contributed by atoms with E-state index in [9.17, 15) is 14.4 Å². The number of nitrogen functional groups attached to an aromatic ring is 1. The zero-order chi connectivity index (χ0) is 24.1. The fourth-order valence-electron chi connectivity index (χ4n) is 4.42. The first kappa shape index (κ1) is 21.5. The molecule has 0 radical (unpaired) electrons. The number of aryl methyl sites for hydroxylation is 2. The lowest BCUT2D eigenvalue weighted by atomic mass is 9.96. The minimum atomic E-state index is -0.490. The van der Waals surface area contributed by atoms with Gasteiger partial charge >= 0.3 is 11.9 Å². The molecule has 0 saturated heterocycles. The van der Waals surface area contributed by atoms with E-state index < -0.39 is 11.9 Å². The molecule has 7 heteroatoms. The maximum absolute atomic E-state index is 12.9. The Labute approximate surface area is 195 Å². The normalized spacial score (nSPS) is 14.0. The molecule has 2 aliphatic rings. The largest absolute Gasteiger partial charge is 0.422 e. The van der Waals surface area contributed by atoms with Crippen LogP contribution in [0.2, 0.25) is 0 Å². The monoisotopic (exact) mass is 454 g/mol. The number of fused-ring (bicyclic) bond motifs is 2. The standard InChI is InChI=1S/C27H22N2O5/c1-4-15-10-17(9-13(2)25(15)28)24-20-12-21-19(11-22(20)34-27(24)32)23(26(31)33-21)16-5-7-18(8-6-16)29-14(3)30/h5-12H,4,28H2,1-3H3,(H,29,30). The first-order valence-electron chi connectivity index (χ1n) is 10.9. The molecule has 0 aliphatic carbocycles. The first-order chi connectivity index (χ1) is 16.3. The Morgan fingerprint density at radius 1 is 0.882 bits per heavy atom. The fourth-order valence-corrected chi connectivity index (χ4v) is 4.42. The molecule has 3 aromatic rings. The number of benzene rings is 3. The predicted molar refractivity (Wildman–Crippen MR) is 128 cm³/mol. The van der Waals surface area contributed by atoms with E-state index >= 15 is 0 Å². The van der Waals surface area contributed by atoms with Crippen molar-refractivity contribution in [2.24, 2.45) is 0 Å². The lowest BCUT2D eigenvalue weighted by Gasteiger charge is -2.10. The molecular weight excluding hydrogens is 432 g/mol. The van der Waals surface area contributed by atoms with Crippen molar-refractivity contribution in [3.63, 3.8) is 0 Å². The van der Waals surface area contributed by atoms with Crippen LogP contribution in [0.15, 0.2) is 48.5 Å². The van der Waals surface area contributed by atoms with Crippen LogP contribution in [0, 0.1) is 6.92 Å². The Morgan fingerprint density at radius 2 is 1.44 bits per heavy atom. The third kappa shape index (κ3) is 3.42. The summed E-state index contributed by atoms with van der Waals surface area (Å²) in [4.78, 5) is 36.9. The van der Waals surface area contributed by atoms with Crippen LogP contribution >= 0.6 is 0 Å².